The number of hydrogen-bond acceptors (Lipinski definition) is 5. The average Bonchev–Trinajstić information content (AvgIpc) is 2.46. The predicted molar refractivity (Wildman–Crippen MR) is 83.9 cm³/mol. The lowest BCUT2D eigenvalue weighted by Crippen LogP contribution is -2.28. The third-order valence-electron chi connectivity index (χ3n) is 2.23. The number of nitrogens with zero attached hydrogens (tertiary/aromatic N) is 2. The zero-order valence-electron chi connectivity index (χ0n) is 10.9. The van der Waals surface area contributed by atoms with Crippen molar-refractivity contribution < 1.29 is 0 Å². The van der Waals surface area contributed by atoms with Crippen LogP contribution in [0.15, 0.2) is 30.2 Å². The molecule has 6 heteroatoms. The quantitative estimate of drug-likeness (QED) is 0.438. The fourth-order valence-electron chi connectivity index (χ4n) is 1.33. The smallest absolute Gasteiger partial charge is 0.110 e. The first-order valence-corrected chi connectivity index (χ1v) is 7.49. The predicted octanol–water partition coefficient (Wildman–Crippen LogP) is 2.15. The van der Waals surface area contributed by atoms with E-state index in [2.05, 4.69) is 21.5 Å². The minimum atomic E-state index is 0.386. The molecule has 0 aliphatic carbocycles. The van der Waals surface area contributed by atoms with Gasteiger partial charge >= 0.3 is 0 Å². The summed E-state index contributed by atoms with van der Waals surface area (Å²) < 4.78 is 0. The van der Waals surface area contributed by atoms with E-state index < -0.39 is 0 Å². The van der Waals surface area contributed by atoms with Crippen LogP contribution in [-0.4, -0.2) is 23.8 Å². The molecule has 20 heavy (non-hydrogen) atoms. The highest BCUT2D eigenvalue weighted by atomic mass is 35.5. The van der Waals surface area contributed by atoms with Crippen LogP contribution in [0.5, 0.6) is 0 Å². The number of thioether (sulfide) groups is 1. The summed E-state index contributed by atoms with van der Waals surface area (Å²) in [6.07, 6.45) is 8.29. The molecule has 1 aromatic rings. The Kier molecular flexibility index (Phi) is 8.14. The SMILES string of the molecule is C#CCNC(=CC#N)NCCSCc1ncccc1Cl. The summed E-state index contributed by atoms with van der Waals surface area (Å²) in [5, 5.41) is 15.4. The van der Waals surface area contributed by atoms with Gasteiger partial charge in [-0.05, 0) is 12.1 Å². The first-order valence-electron chi connectivity index (χ1n) is 5.96. The molecule has 1 heterocycles. The van der Waals surface area contributed by atoms with Crippen molar-refractivity contribution in [2.45, 2.75) is 5.75 Å². The third kappa shape index (κ3) is 6.38. The molecular formula is C14H15ClN4S. The van der Waals surface area contributed by atoms with E-state index in [9.17, 15) is 0 Å². The van der Waals surface area contributed by atoms with Crippen molar-refractivity contribution >= 4 is 23.4 Å². The number of rotatable bonds is 8. The second-order valence-corrected chi connectivity index (χ2v) is 5.17. The van der Waals surface area contributed by atoms with Crippen LogP contribution in [0.1, 0.15) is 5.69 Å². The van der Waals surface area contributed by atoms with Crippen LogP contribution in [-0.2, 0) is 5.75 Å². The van der Waals surface area contributed by atoms with E-state index in [4.69, 9.17) is 23.3 Å². The number of aromatic nitrogens is 1. The van der Waals surface area contributed by atoms with Gasteiger partial charge in [0.15, 0.2) is 0 Å². The van der Waals surface area contributed by atoms with Crippen LogP contribution in [0.2, 0.25) is 5.02 Å². The Labute approximate surface area is 128 Å². The van der Waals surface area contributed by atoms with E-state index in [0.29, 0.717) is 17.4 Å². The fraction of sp³-hybridized carbons (Fsp3) is 0.286. The van der Waals surface area contributed by atoms with Crippen LogP contribution in [0, 0.1) is 23.7 Å². The maximum atomic E-state index is 8.63. The Morgan fingerprint density at radius 2 is 2.40 bits per heavy atom. The van der Waals surface area contributed by atoms with Gasteiger partial charge in [0, 0.05) is 24.2 Å². The van der Waals surface area contributed by atoms with Gasteiger partial charge in [-0.15, -0.1) is 6.42 Å². The zero-order valence-corrected chi connectivity index (χ0v) is 12.5. The molecule has 0 radical (unpaired) electrons. The molecule has 0 spiro atoms. The zero-order chi connectivity index (χ0) is 14.6. The molecule has 104 valence electrons. The molecule has 0 amide bonds. The Morgan fingerprint density at radius 1 is 1.55 bits per heavy atom. The number of allylic oxidation sites excluding steroid dienone is 1. The van der Waals surface area contributed by atoms with Gasteiger partial charge in [0.1, 0.15) is 5.82 Å². The number of nitrogens with one attached hydrogen (secondary N) is 2. The van der Waals surface area contributed by atoms with E-state index in [1.54, 1.807) is 18.0 Å². The van der Waals surface area contributed by atoms with Crippen molar-refractivity contribution in [3.63, 3.8) is 0 Å². The first-order chi connectivity index (χ1) is 9.77. The van der Waals surface area contributed by atoms with Crippen molar-refractivity contribution in [1.82, 2.24) is 15.6 Å². The molecule has 0 aliphatic rings. The Bertz CT molecular complexity index is 531. The highest BCUT2D eigenvalue weighted by Gasteiger charge is 2.00. The van der Waals surface area contributed by atoms with Crippen LogP contribution < -0.4 is 10.6 Å². The largest absolute Gasteiger partial charge is 0.370 e. The summed E-state index contributed by atoms with van der Waals surface area (Å²) in [7, 11) is 0. The van der Waals surface area contributed by atoms with Crippen LogP contribution in [0.3, 0.4) is 0 Å². The molecule has 0 bridgehead atoms. The van der Waals surface area contributed by atoms with E-state index in [1.165, 1.54) is 6.08 Å². The fourth-order valence-corrected chi connectivity index (χ4v) is 2.41. The van der Waals surface area contributed by atoms with Gasteiger partial charge < -0.3 is 10.6 Å². The summed E-state index contributed by atoms with van der Waals surface area (Å²) in [5.74, 6) is 4.73. The van der Waals surface area contributed by atoms with Gasteiger partial charge in [0.2, 0.25) is 0 Å². The van der Waals surface area contributed by atoms with E-state index >= 15 is 0 Å². The minimum absolute atomic E-state index is 0.386. The van der Waals surface area contributed by atoms with Gasteiger partial charge in [0.25, 0.3) is 0 Å². The number of terminal acetylenes is 1. The highest BCUT2D eigenvalue weighted by molar-refractivity contribution is 7.98. The molecule has 2 N–H and O–H groups in total. The van der Waals surface area contributed by atoms with Gasteiger partial charge in [0.05, 0.1) is 29.4 Å². The van der Waals surface area contributed by atoms with Crippen molar-refractivity contribution in [3.05, 3.63) is 40.9 Å². The van der Waals surface area contributed by atoms with Crippen LogP contribution in [0.25, 0.3) is 0 Å². The molecule has 0 saturated heterocycles. The van der Waals surface area contributed by atoms with Crippen molar-refractivity contribution in [3.8, 4) is 18.4 Å². The lowest BCUT2D eigenvalue weighted by atomic mass is 10.4. The van der Waals surface area contributed by atoms with Gasteiger partial charge in [-0.25, -0.2) is 0 Å². The topological polar surface area (TPSA) is 60.7 Å². The van der Waals surface area contributed by atoms with Crippen molar-refractivity contribution in [1.29, 1.82) is 5.26 Å². The molecule has 1 rings (SSSR count). The second kappa shape index (κ2) is 10.0. The molecule has 1 aromatic heterocycles. The highest BCUT2D eigenvalue weighted by Crippen LogP contribution is 2.17. The molecule has 0 aromatic carbocycles. The lowest BCUT2D eigenvalue weighted by Gasteiger charge is -2.10. The Morgan fingerprint density at radius 3 is 3.10 bits per heavy atom. The van der Waals surface area contributed by atoms with E-state index in [0.717, 1.165) is 23.7 Å². The van der Waals surface area contributed by atoms with Gasteiger partial charge in [-0.1, -0.05) is 17.5 Å². The van der Waals surface area contributed by atoms with E-state index in [-0.39, 0.29) is 0 Å². The summed E-state index contributed by atoms with van der Waals surface area (Å²) in [5.41, 5.74) is 0.886. The molecule has 0 atom stereocenters. The summed E-state index contributed by atoms with van der Waals surface area (Å²) in [6.45, 7) is 1.11. The molecule has 0 unspecified atom stereocenters. The first kappa shape index (κ1) is 16.2. The monoisotopic (exact) mass is 306 g/mol. The molecular weight excluding hydrogens is 292 g/mol. The normalized spacial score (nSPS) is 10.4. The molecule has 0 saturated carbocycles. The summed E-state index contributed by atoms with van der Waals surface area (Å²) >= 11 is 7.74. The van der Waals surface area contributed by atoms with Crippen molar-refractivity contribution in [2.75, 3.05) is 18.8 Å². The average molecular weight is 307 g/mol. The third-order valence-corrected chi connectivity index (χ3v) is 3.54. The summed E-state index contributed by atoms with van der Waals surface area (Å²) in [6, 6.07) is 5.61. The Balaban J connectivity index is 2.24. The summed E-state index contributed by atoms with van der Waals surface area (Å²) in [4.78, 5) is 4.22. The lowest BCUT2D eigenvalue weighted by molar-refractivity contribution is 0.749. The van der Waals surface area contributed by atoms with E-state index in [1.807, 2.05) is 18.2 Å². The van der Waals surface area contributed by atoms with Crippen molar-refractivity contribution in [2.24, 2.45) is 0 Å². The Hall–Kier alpha value is -1.82. The van der Waals surface area contributed by atoms with Gasteiger partial charge in [-0.3, -0.25) is 4.98 Å². The molecule has 4 nitrogen and oxygen atoms in total. The molecule has 0 fully saturated rings. The van der Waals surface area contributed by atoms with Gasteiger partial charge in [-0.2, -0.15) is 17.0 Å². The minimum Gasteiger partial charge on any atom is -0.370 e. The number of pyridine rings is 1. The number of hydrogen-bond donors (Lipinski definition) is 2. The standard InChI is InChI=1S/C14H15ClN4S/c1-2-7-18-14(5-6-16)19-9-10-20-11-13-12(15)4-3-8-17-13/h1,3-5,8,18-19H,7,9-11H2. The maximum absolute atomic E-state index is 8.63. The van der Waals surface area contributed by atoms with Crippen LogP contribution >= 0.6 is 23.4 Å². The second-order valence-electron chi connectivity index (χ2n) is 3.66. The number of nitriles is 1. The molecule has 0 aliphatic heterocycles. The van der Waals surface area contributed by atoms with Crippen LogP contribution in [0.4, 0.5) is 0 Å². The maximum Gasteiger partial charge on any atom is 0.110 e. The number of halogens is 1.